The van der Waals surface area contributed by atoms with Crippen LogP contribution >= 0.6 is 0 Å². The fraction of sp³-hybridized carbons (Fsp3) is 0.500. The molecule has 0 saturated carbocycles. The molecular formula is C12H23N. The van der Waals surface area contributed by atoms with Crippen LogP contribution in [0.5, 0.6) is 0 Å². The second-order valence-electron chi connectivity index (χ2n) is 3.28. The van der Waals surface area contributed by atoms with E-state index in [2.05, 4.69) is 52.6 Å². The van der Waals surface area contributed by atoms with Crippen LogP contribution in [0.15, 0.2) is 37.0 Å². The largest absolute Gasteiger partial charge is 0.309 e. The third-order valence-corrected chi connectivity index (χ3v) is 1.72. The van der Waals surface area contributed by atoms with Gasteiger partial charge in [0.2, 0.25) is 0 Å². The predicted octanol–water partition coefficient (Wildman–Crippen LogP) is 3.26. The van der Waals surface area contributed by atoms with Crippen molar-refractivity contribution in [1.82, 2.24) is 4.90 Å². The summed E-state index contributed by atoms with van der Waals surface area (Å²) in [6.07, 6.45) is 3.07. The molecule has 0 aliphatic carbocycles. The molecular weight excluding hydrogens is 158 g/mol. The summed E-state index contributed by atoms with van der Waals surface area (Å²) in [7, 11) is 4.18. The normalized spacial score (nSPS) is 8.69. The Balaban J connectivity index is 0. The van der Waals surface area contributed by atoms with E-state index < -0.39 is 0 Å². The quantitative estimate of drug-likeness (QED) is 0.475. The molecule has 0 radical (unpaired) electrons. The van der Waals surface area contributed by atoms with E-state index in [9.17, 15) is 0 Å². The summed E-state index contributed by atoms with van der Waals surface area (Å²) in [5, 5.41) is 0. The van der Waals surface area contributed by atoms with Crippen molar-refractivity contribution in [2.24, 2.45) is 0 Å². The van der Waals surface area contributed by atoms with Gasteiger partial charge in [-0.05, 0) is 39.9 Å². The van der Waals surface area contributed by atoms with Crippen LogP contribution in [-0.2, 0) is 0 Å². The molecule has 0 rings (SSSR count). The molecule has 0 spiro atoms. The number of nitrogens with zero attached hydrogens (tertiary/aromatic N) is 1. The number of hydrogen-bond acceptors (Lipinski definition) is 1. The lowest BCUT2D eigenvalue weighted by Gasteiger charge is -2.10. The first-order valence-corrected chi connectivity index (χ1v) is 4.51. The highest BCUT2D eigenvalue weighted by molar-refractivity contribution is 5.21. The Morgan fingerprint density at radius 2 is 1.69 bits per heavy atom. The van der Waals surface area contributed by atoms with Gasteiger partial charge in [0, 0.05) is 6.54 Å². The summed E-state index contributed by atoms with van der Waals surface area (Å²) < 4.78 is 0. The van der Waals surface area contributed by atoms with Crippen LogP contribution in [0.3, 0.4) is 0 Å². The van der Waals surface area contributed by atoms with Gasteiger partial charge in [0.05, 0.1) is 0 Å². The van der Waals surface area contributed by atoms with Crippen LogP contribution in [0.1, 0.15) is 20.3 Å². The lowest BCUT2D eigenvalue weighted by atomic mass is 10.1. The van der Waals surface area contributed by atoms with Gasteiger partial charge in [0.15, 0.2) is 0 Å². The molecule has 1 heteroatoms. The van der Waals surface area contributed by atoms with E-state index in [1.807, 2.05) is 6.08 Å². The molecule has 0 atom stereocenters. The van der Waals surface area contributed by atoms with E-state index in [-0.39, 0.29) is 0 Å². The SMILES string of the molecule is C=C.C=CC(CCN(C)C)=C(C)C. The van der Waals surface area contributed by atoms with Gasteiger partial charge in [0.1, 0.15) is 0 Å². The Bertz CT molecular complexity index is 162. The van der Waals surface area contributed by atoms with E-state index in [1.54, 1.807) is 0 Å². The zero-order chi connectivity index (χ0) is 10.9. The fourth-order valence-electron chi connectivity index (χ4n) is 0.900. The standard InChI is InChI=1S/C10H19N.C2H4/c1-6-10(9(2)3)7-8-11(4)5;1-2/h6H,1,7-8H2,2-5H3;1-2H2. The first kappa shape index (κ1) is 14.7. The maximum atomic E-state index is 3.78. The summed E-state index contributed by atoms with van der Waals surface area (Å²) in [5.41, 5.74) is 2.75. The van der Waals surface area contributed by atoms with Gasteiger partial charge in [-0.3, -0.25) is 0 Å². The smallest absolute Gasteiger partial charge is 0.00157 e. The minimum absolute atomic E-state index is 1.10. The summed E-state index contributed by atoms with van der Waals surface area (Å²) in [5.74, 6) is 0. The molecule has 13 heavy (non-hydrogen) atoms. The van der Waals surface area contributed by atoms with E-state index in [0.29, 0.717) is 0 Å². The minimum atomic E-state index is 1.10. The molecule has 0 fully saturated rings. The van der Waals surface area contributed by atoms with Crippen LogP contribution in [0.25, 0.3) is 0 Å². The monoisotopic (exact) mass is 181 g/mol. The second kappa shape index (κ2) is 9.27. The van der Waals surface area contributed by atoms with Crippen molar-refractivity contribution in [3.05, 3.63) is 37.0 Å². The molecule has 0 aromatic heterocycles. The van der Waals surface area contributed by atoms with Gasteiger partial charge in [-0.2, -0.15) is 0 Å². The molecule has 0 bridgehead atoms. The highest BCUT2D eigenvalue weighted by Gasteiger charge is 1.95. The van der Waals surface area contributed by atoms with Gasteiger partial charge in [-0.15, -0.1) is 13.2 Å². The lowest BCUT2D eigenvalue weighted by molar-refractivity contribution is 0.414. The van der Waals surface area contributed by atoms with E-state index in [0.717, 1.165) is 13.0 Å². The first-order chi connectivity index (χ1) is 6.07. The molecule has 0 unspecified atom stereocenters. The predicted molar refractivity (Wildman–Crippen MR) is 63.0 cm³/mol. The molecule has 1 nitrogen and oxygen atoms in total. The van der Waals surface area contributed by atoms with Gasteiger partial charge >= 0.3 is 0 Å². The molecule has 0 aliphatic rings. The van der Waals surface area contributed by atoms with Crippen LogP contribution in [0.4, 0.5) is 0 Å². The second-order valence-corrected chi connectivity index (χ2v) is 3.28. The summed E-state index contributed by atoms with van der Waals surface area (Å²) >= 11 is 0. The van der Waals surface area contributed by atoms with Crippen molar-refractivity contribution in [3.63, 3.8) is 0 Å². The van der Waals surface area contributed by atoms with Crippen molar-refractivity contribution in [2.45, 2.75) is 20.3 Å². The molecule has 0 aromatic rings. The van der Waals surface area contributed by atoms with Crippen LogP contribution < -0.4 is 0 Å². The summed E-state index contributed by atoms with van der Waals surface area (Å²) in [6.45, 7) is 15.2. The molecule has 0 saturated heterocycles. The Labute approximate surface area is 83.5 Å². The van der Waals surface area contributed by atoms with Crippen molar-refractivity contribution in [1.29, 1.82) is 0 Å². The number of hydrogen-bond donors (Lipinski definition) is 0. The topological polar surface area (TPSA) is 3.24 Å². The third kappa shape index (κ3) is 9.09. The molecule has 0 heterocycles. The summed E-state index contributed by atoms with van der Waals surface area (Å²) in [4.78, 5) is 2.19. The minimum Gasteiger partial charge on any atom is -0.309 e. The van der Waals surface area contributed by atoms with Crippen LogP contribution in [0.2, 0.25) is 0 Å². The highest BCUT2D eigenvalue weighted by atomic mass is 15.0. The highest BCUT2D eigenvalue weighted by Crippen LogP contribution is 2.08. The third-order valence-electron chi connectivity index (χ3n) is 1.72. The van der Waals surface area contributed by atoms with Crippen LogP contribution in [0, 0.1) is 0 Å². The maximum absolute atomic E-state index is 3.78. The Morgan fingerprint density at radius 3 is 1.92 bits per heavy atom. The molecule has 0 aromatic carbocycles. The van der Waals surface area contributed by atoms with Gasteiger partial charge in [-0.1, -0.05) is 18.2 Å². The Morgan fingerprint density at radius 1 is 1.23 bits per heavy atom. The fourth-order valence-corrected chi connectivity index (χ4v) is 0.900. The maximum Gasteiger partial charge on any atom is 0.00157 e. The van der Waals surface area contributed by atoms with E-state index >= 15 is 0 Å². The number of rotatable bonds is 4. The Hall–Kier alpha value is -0.820. The molecule has 0 N–H and O–H groups in total. The average molecular weight is 181 g/mol. The average Bonchev–Trinajstić information content (AvgIpc) is 2.08. The summed E-state index contributed by atoms with van der Waals surface area (Å²) in [6, 6.07) is 0. The lowest BCUT2D eigenvalue weighted by Crippen LogP contribution is -2.13. The van der Waals surface area contributed by atoms with Crippen molar-refractivity contribution < 1.29 is 0 Å². The van der Waals surface area contributed by atoms with E-state index in [4.69, 9.17) is 0 Å². The Kier molecular flexibility index (Phi) is 10.5. The zero-order valence-corrected chi connectivity index (χ0v) is 9.56. The molecule has 0 amide bonds. The van der Waals surface area contributed by atoms with Gasteiger partial charge in [-0.25, -0.2) is 0 Å². The van der Waals surface area contributed by atoms with Crippen LogP contribution in [-0.4, -0.2) is 25.5 Å². The van der Waals surface area contributed by atoms with Gasteiger partial charge < -0.3 is 4.90 Å². The van der Waals surface area contributed by atoms with Crippen molar-refractivity contribution >= 4 is 0 Å². The van der Waals surface area contributed by atoms with Gasteiger partial charge in [0.25, 0.3) is 0 Å². The van der Waals surface area contributed by atoms with Crippen molar-refractivity contribution in [2.75, 3.05) is 20.6 Å². The number of allylic oxidation sites excluding steroid dienone is 2. The molecule has 0 aliphatic heterocycles. The first-order valence-electron chi connectivity index (χ1n) is 4.51. The van der Waals surface area contributed by atoms with E-state index in [1.165, 1.54) is 11.1 Å². The molecule has 76 valence electrons. The zero-order valence-electron chi connectivity index (χ0n) is 9.56. The van der Waals surface area contributed by atoms with Crippen molar-refractivity contribution in [3.8, 4) is 0 Å².